The first-order valence-corrected chi connectivity index (χ1v) is 24.4. The molecule has 2 amide bonds. The van der Waals surface area contributed by atoms with Crippen LogP contribution in [0.1, 0.15) is 76.1 Å². The minimum atomic E-state index is -1.36. The lowest BCUT2D eigenvalue weighted by Crippen LogP contribution is -2.51. The van der Waals surface area contributed by atoms with E-state index in [0.29, 0.717) is 50.7 Å². The highest BCUT2D eigenvalue weighted by molar-refractivity contribution is 5.93. The second-order valence-electron chi connectivity index (χ2n) is 19.8. The van der Waals surface area contributed by atoms with E-state index < -0.39 is 72.4 Å². The molecule has 8 atom stereocenters. The molecule has 0 aliphatic carbocycles. The lowest BCUT2D eigenvalue weighted by atomic mass is 10.0. The molecule has 5 N–H and O–H groups in total. The lowest BCUT2D eigenvalue weighted by Gasteiger charge is -2.35. The van der Waals surface area contributed by atoms with E-state index in [0.717, 1.165) is 17.0 Å². The Morgan fingerprint density at radius 2 is 1.42 bits per heavy atom. The molecule has 4 aromatic carbocycles. The van der Waals surface area contributed by atoms with Crippen molar-refractivity contribution in [3.05, 3.63) is 126 Å². The van der Waals surface area contributed by atoms with Gasteiger partial charge in [-0.3, -0.25) is 9.69 Å². The monoisotopic (exact) mass is 1010 g/mol. The number of aromatic nitrogens is 5. The molecule has 10 rings (SSSR count). The third-order valence-corrected chi connectivity index (χ3v) is 14.4. The number of rotatable bonds is 13. The van der Waals surface area contributed by atoms with Crippen LogP contribution in [-0.2, 0) is 9.53 Å². The van der Waals surface area contributed by atoms with Crippen LogP contribution in [0.15, 0.2) is 91.3 Å². The van der Waals surface area contributed by atoms with Gasteiger partial charge in [0.15, 0.2) is 0 Å². The molecule has 6 heterocycles. The molecule has 0 bridgehead atoms. The maximum Gasteiger partial charge on any atom is 0.407 e. The Morgan fingerprint density at radius 1 is 0.781 bits per heavy atom. The standard InChI is InChI=1S/C54H56F5N9O5/c1-26(2)47(60-5)51(69)66-24-36(57)20-43(66)49-61-22-39(63-49)30-11-12-41-33(13-30)17-42-46-38(59)16-32(18-45(46)73-53(68(41)42)29-9-7-28(8-10-29)31-14-34(55)19-35(56)15-31)40-23-62-50(64-40)44-21-37(58)25-67(44)52(70)48(27(3)4)65-54(71)72-6/h7-19,22-23,26-27,36-37,43-44,47-48,51,53,60,69H,20-21,24-25H2,1-6H3,(H,61,63)(H,62,64)(H,65,71). The normalized spacial score (nSPS) is 21.1. The van der Waals surface area contributed by atoms with Gasteiger partial charge in [0.1, 0.15) is 59.5 Å². The maximum absolute atomic E-state index is 17.0. The largest absolute Gasteiger partial charge is 0.465 e. The Bertz CT molecular complexity index is 3170. The highest BCUT2D eigenvalue weighted by Gasteiger charge is 2.43. The van der Waals surface area contributed by atoms with Crippen molar-refractivity contribution in [3.63, 3.8) is 0 Å². The average Bonchev–Trinajstić information content (AvgIpc) is 4.22. The van der Waals surface area contributed by atoms with Crippen LogP contribution in [0, 0.1) is 29.3 Å². The van der Waals surface area contributed by atoms with Crippen LogP contribution in [0.2, 0.25) is 0 Å². The summed E-state index contributed by atoms with van der Waals surface area (Å²) in [4.78, 5) is 44.9. The fraction of sp³-hybridized carbons (Fsp3) is 0.370. The lowest BCUT2D eigenvalue weighted by molar-refractivity contribution is -0.135. The van der Waals surface area contributed by atoms with Gasteiger partial charge in [-0.2, -0.15) is 0 Å². The van der Waals surface area contributed by atoms with E-state index in [1.165, 1.54) is 36.4 Å². The molecule has 0 saturated carbocycles. The SMILES string of the molecule is CNC(C(C)C)C(O)N1CC(F)CC1c1ncc(-c2ccc3c(c2)cc2n3C(c3ccc(-c4cc(F)cc(F)c4)cc3)Oc3cc(-c4cnc(C5CC(F)CN5C(=O)C(NC(=O)OC)C(C)C)[nH]4)cc(F)c3-2)[nH]1. The highest BCUT2D eigenvalue weighted by atomic mass is 19.1. The molecule has 0 spiro atoms. The number of likely N-dealkylation sites (N-methyl/N-ethyl adjacent to an activating group) is 1. The topological polar surface area (TPSA) is 166 Å². The Hall–Kier alpha value is -7.09. The van der Waals surface area contributed by atoms with Crippen molar-refractivity contribution in [1.82, 2.24) is 44.9 Å². The predicted molar refractivity (Wildman–Crippen MR) is 264 cm³/mol. The first kappa shape index (κ1) is 49.5. The number of hydrogen-bond donors (Lipinski definition) is 5. The van der Waals surface area contributed by atoms with Crippen LogP contribution in [0.25, 0.3) is 55.8 Å². The van der Waals surface area contributed by atoms with E-state index in [1.54, 1.807) is 62.3 Å². The third kappa shape index (κ3) is 9.33. The smallest absolute Gasteiger partial charge is 0.407 e. The van der Waals surface area contributed by atoms with Crippen molar-refractivity contribution in [3.8, 4) is 50.6 Å². The summed E-state index contributed by atoms with van der Waals surface area (Å²) in [6.45, 7) is 7.35. The molecule has 19 heteroatoms. The van der Waals surface area contributed by atoms with Gasteiger partial charge in [-0.15, -0.1) is 0 Å². The van der Waals surface area contributed by atoms with E-state index in [2.05, 4.69) is 30.6 Å². The molecular formula is C54H56F5N9O5. The zero-order valence-corrected chi connectivity index (χ0v) is 41.0. The fourth-order valence-corrected chi connectivity index (χ4v) is 10.8. The number of methoxy groups -OCH3 is 1. The minimum absolute atomic E-state index is 0.0512. The number of nitrogens with one attached hydrogen (secondary N) is 4. The van der Waals surface area contributed by atoms with E-state index in [4.69, 9.17) is 9.47 Å². The van der Waals surface area contributed by atoms with Crippen LogP contribution in [0.4, 0.5) is 26.7 Å². The first-order chi connectivity index (χ1) is 35.0. The number of aliphatic hydroxyl groups excluding tert-OH is 1. The van der Waals surface area contributed by atoms with Crippen molar-refractivity contribution in [2.75, 3.05) is 27.2 Å². The molecule has 14 nitrogen and oxygen atoms in total. The summed E-state index contributed by atoms with van der Waals surface area (Å²) in [5, 5.41) is 17.8. The number of ether oxygens (including phenoxy) is 2. The number of amides is 2. The first-order valence-electron chi connectivity index (χ1n) is 24.4. The molecular weight excluding hydrogens is 950 g/mol. The van der Waals surface area contributed by atoms with Gasteiger partial charge < -0.3 is 44.6 Å². The van der Waals surface area contributed by atoms with Gasteiger partial charge in [0.25, 0.3) is 0 Å². The van der Waals surface area contributed by atoms with Gasteiger partial charge in [-0.05, 0) is 72.5 Å². The zero-order valence-electron chi connectivity index (χ0n) is 41.0. The average molecular weight is 1010 g/mol. The summed E-state index contributed by atoms with van der Waals surface area (Å²) in [7, 11) is 2.96. The molecule has 382 valence electrons. The van der Waals surface area contributed by atoms with Crippen LogP contribution in [-0.4, -0.2) is 109 Å². The summed E-state index contributed by atoms with van der Waals surface area (Å²) in [5.41, 5.74) is 5.07. The van der Waals surface area contributed by atoms with Gasteiger partial charge in [0.05, 0.1) is 66.3 Å². The number of aliphatic hydroxyl groups is 1. The second kappa shape index (κ2) is 19.7. The number of carbonyl (C=O) groups is 2. The van der Waals surface area contributed by atoms with Gasteiger partial charge in [0, 0.05) is 53.6 Å². The Morgan fingerprint density at radius 3 is 2.08 bits per heavy atom. The number of alkyl carbamates (subject to hydrolysis) is 1. The van der Waals surface area contributed by atoms with Gasteiger partial charge in [-0.25, -0.2) is 36.7 Å². The fourth-order valence-electron chi connectivity index (χ4n) is 10.8. The van der Waals surface area contributed by atoms with Crippen LogP contribution in [0.3, 0.4) is 0 Å². The van der Waals surface area contributed by atoms with Gasteiger partial charge in [-0.1, -0.05) is 58.0 Å². The van der Waals surface area contributed by atoms with E-state index in [-0.39, 0.29) is 60.9 Å². The number of halogens is 5. The molecule has 3 aromatic heterocycles. The van der Waals surface area contributed by atoms with E-state index in [1.807, 2.05) is 42.7 Å². The Kier molecular flexibility index (Phi) is 13.4. The summed E-state index contributed by atoms with van der Waals surface area (Å²) in [5.74, 6) is -1.81. The Balaban J connectivity index is 1.01. The zero-order chi connectivity index (χ0) is 51.6. The van der Waals surface area contributed by atoms with Gasteiger partial charge in [0.2, 0.25) is 12.1 Å². The second-order valence-corrected chi connectivity index (χ2v) is 19.8. The Labute approximate surface area is 417 Å². The summed E-state index contributed by atoms with van der Waals surface area (Å²) < 4.78 is 89.2. The molecule has 3 aliphatic heterocycles. The molecule has 0 radical (unpaired) electrons. The predicted octanol–water partition coefficient (Wildman–Crippen LogP) is 9.75. The van der Waals surface area contributed by atoms with Crippen molar-refractivity contribution < 1.29 is 46.1 Å². The van der Waals surface area contributed by atoms with Crippen LogP contribution in [0.5, 0.6) is 5.75 Å². The molecule has 3 aliphatic rings. The third-order valence-electron chi connectivity index (χ3n) is 14.4. The number of carbonyl (C=O) groups excluding carboxylic acids is 2. The molecule has 2 saturated heterocycles. The summed E-state index contributed by atoms with van der Waals surface area (Å²) in [6.07, 6.45) is -1.86. The summed E-state index contributed by atoms with van der Waals surface area (Å²) >= 11 is 0. The van der Waals surface area contributed by atoms with E-state index >= 15 is 13.2 Å². The molecule has 7 aromatic rings. The number of fused-ring (bicyclic) bond motifs is 5. The number of nitrogens with zero attached hydrogens (tertiary/aromatic N) is 5. The molecule has 8 unspecified atom stereocenters. The van der Waals surface area contributed by atoms with Crippen molar-refractivity contribution in [2.45, 2.75) is 89.5 Å². The van der Waals surface area contributed by atoms with Crippen molar-refractivity contribution in [2.24, 2.45) is 11.8 Å². The number of aromatic amines is 2. The number of likely N-dealkylation sites (tertiary alicyclic amines) is 2. The van der Waals surface area contributed by atoms with Crippen LogP contribution < -0.4 is 15.4 Å². The number of imidazole rings is 2. The number of alkyl halides is 2. The molecule has 73 heavy (non-hydrogen) atoms. The van der Waals surface area contributed by atoms with E-state index in [9.17, 15) is 23.5 Å². The molecule has 2 fully saturated rings. The van der Waals surface area contributed by atoms with Crippen molar-refractivity contribution >= 4 is 22.9 Å². The number of benzene rings is 4. The van der Waals surface area contributed by atoms with Crippen LogP contribution >= 0.6 is 0 Å². The quantitative estimate of drug-likeness (QED) is 0.0708. The summed E-state index contributed by atoms with van der Waals surface area (Å²) in [6, 6.07) is 18.4. The van der Waals surface area contributed by atoms with Crippen molar-refractivity contribution in [1.29, 1.82) is 0 Å². The number of H-pyrrole nitrogens is 2. The maximum atomic E-state index is 17.0. The minimum Gasteiger partial charge on any atom is -0.465 e. The van der Waals surface area contributed by atoms with Gasteiger partial charge >= 0.3 is 6.09 Å². The number of hydrogen-bond acceptors (Lipinski definition) is 9. The highest BCUT2D eigenvalue weighted by Crippen LogP contribution is 2.48.